The van der Waals surface area contributed by atoms with Gasteiger partial charge in [-0.25, -0.2) is 9.80 Å². The van der Waals surface area contributed by atoms with E-state index in [1.807, 2.05) is 32.9 Å². The maximum atomic E-state index is 12.9. The molecule has 2 aromatic carbocycles. The second kappa shape index (κ2) is 9.47. The summed E-state index contributed by atoms with van der Waals surface area (Å²) in [5, 5.41) is 1.17. The van der Waals surface area contributed by atoms with Gasteiger partial charge in [-0.3, -0.25) is 15.0 Å². The molecule has 2 aromatic rings. The van der Waals surface area contributed by atoms with Crippen LogP contribution in [0.3, 0.4) is 0 Å². The quantitative estimate of drug-likeness (QED) is 0.418. The first-order valence-electron chi connectivity index (χ1n) is 10.2. The number of carbonyl (C=O) groups excluding carboxylic acids is 3. The monoisotopic (exact) mass is 422 g/mol. The number of nitrogens with zero attached hydrogens (tertiary/aromatic N) is 1. The van der Waals surface area contributed by atoms with Crippen molar-refractivity contribution < 1.29 is 23.9 Å². The smallest absolute Gasteiger partial charge is 0.338 e. The molecule has 1 fully saturated rings. The van der Waals surface area contributed by atoms with Crippen LogP contribution in [-0.4, -0.2) is 31.0 Å². The predicted octanol–water partition coefficient (Wildman–Crippen LogP) is 3.73. The predicted molar refractivity (Wildman–Crippen MR) is 118 cm³/mol. The highest BCUT2D eigenvalue weighted by Crippen LogP contribution is 2.28. The second-order valence-electron chi connectivity index (χ2n) is 7.16. The van der Waals surface area contributed by atoms with E-state index in [0.29, 0.717) is 17.9 Å². The molecule has 0 aromatic heterocycles. The number of ether oxygens (including phenoxy) is 2. The number of hydrogen-bond acceptors (Lipinski definition) is 5. The van der Waals surface area contributed by atoms with E-state index in [4.69, 9.17) is 9.47 Å². The molecule has 0 atom stereocenters. The average Bonchev–Trinajstić information content (AvgIpc) is 3.05. The van der Waals surface area contributed by atoms with Gasteiger partial charge in [-0.05, 0) is 80.3 Å². The van der Waals surface area contributed by atoms with Crippen molar-refractivity contribution in [3.63, 3.8) is 0 Å². The van der Waals surface area contributed by atoms with Crippen molar-refractivity contribution in [2.75, 3.05) is 18.2 Å². The summed E-state index contributed by atoms with van der Waals surface area (Å²) in [6.45, 7) is 8.57. The van der Waals surface area contributed by atoms with Gasteiger partial charge in [0, 0.05) is 0 Å². The van der Waals surface area contributed by atoms with E-state index in [1.54, 1.807) is 37.3 Å². The van der Waals surface area contributed by atoms with Crippen LogP contribution in [0, 0.1) is 13.8 Å². The molecular weight excluding hydrogens is 396 g/mol. The van der Waals surface area contributed by atoms with Gasteiger partial charge in [-0.1, -0.05) is 13.0 Å². The standard InChI is InChI=1S/C24H26N2O5/c1-5-13-31-21-12-9-18(15(3)16(21)4)14-20-22(27)25-26(23(20)28)19-10-7-17(8-11-19)24(29)30-6-2/h7-12,14H,5-6,13H2,1-4H3,(H,25,27). The summed E-state index contributed by atoms with van der Waals surface area (Å²) in [5.41, 5.74) is 6.13. The number of amides is 2. The molecule has 1 aliphatic heterocycles. The van der Waals surface area contributed by atoms with Crippen LogP contribution in [0.5, 0.6) is 5.75 Å². The number of anilines is 1. The molecule has 0 unspecified atom stereocenters. The molecule has 3 rings (SSSR count). The minimum absolute atomic E-state index is 0.0409. The molecule has 7 nitrogen and oxygen atoms in total. The lowest BCUT2D eigenvalue weighted by molar-refractivity contribution is -0.117. The number of esters is 1. The third-order valence-electron chi connectivity index (χ3n) is 5.07. The number of carbonyl (C=O) groups is 3. The molecular formula is C24H26N2O5. The zero-order chi connectivity index (χ0) is 22.5. The molecule has 0 aliphatic carbocycles. The van der Waals surface area contributed by atoms with Gasteiger partial charge in [0.15, 0.2) is 0 Å². The fourth-order valence-corrected chi connectivity index (χ4v) is 3.20. The summed E-state index contributed by atoms with van der Waals surface area (Å²) in [6.07, 6.45) is 2.51. The maximum absolute atomic E-state index is 12.9. The minimum Gasteiger partial charge on any atom is -0.493 e. The van der Waals surface area contributed by atoms with Crippen LogP contribution in [-0.2, 0) is 14.3 Å². The zero-order valence-electron chi connectivity index (χ0n) is 18.2. The summed E-state index contributed by atoms with van der Waals surface area (Å²) in [5.74, 6) is -0.587. The van der Waals surface area contributed by atoms with E-state index in [-0.39, 0.29) is 12.2 Å². The van der Waals surface area contributed by atoms with Crippen molar-refractivity contribution in [2.45, 2.75) is 34.1 Å². The molecule has 0 bridgehead atoms. The normalized spacial score (nSPS) is 14.7. The lowest BCUT2D eigenvalue weighted by Gasteiger charge is -2.15. The minimum atomic E-state index is -0.483. The number of nitrogens with one attached hydrogen (secondary N) is 1. The molecule has 0 radical (unpaired) electrons. The Morgan fingerprint density at radius 1 is 1.03 bits per heavy atom. The highest BCUT2D eigenvalue weighted by molar-refractivity contribution is 6.31. The van der Waals surface area contributed by atoms with Crippen molar-refractivity contribution in [3.05, 3.63) is 64.2 Å². The number of hydrogen-bond donors (Lipinski definition) is 1. The molecule has 1 aliphatic rings. The Bertz CT molecular complexity index is 1040. The largest absolute Gasteiger partial charge is 0.493 e. The van der Waals surface area contributed by atoms with Crippen molar-refractivity contribution in [1.82, 2.24) is 5.43 Å². The summed E-state index contributed by atoms with van der Waals surface area (Å²) in [6, 6.07) is 9.98. The second-order valence-corrected chi connectivity index (χ2v) is 7.16. The number of benzene rings is 2. The Labute approximate surface area is 181 Å². The summed E-state index contributed by atoms with van der Waals surface area (Å²) >= 11 is 0. The van der Waals surface area contributed by atoms with Gasteiger partial charge in [0.05, 0.1) is 24.5 Å². The molecule has 0 saturated carbocycles. The zero-order valence-corrected chi connectivity index (χ0v) is 18.2. The van der Waals surface area contributed by atoms with Crippen LogP contribution >= 0.6 is 0 Å². The Morgan fingerprint density at radius 3 is 2.39 bits per heavy atom. The highest BCUT2D eigenvalue weighted by atomic mass is 16.5. The van der Waals surface area contributed by atoms with Gasteiger partial charge in [-0.2, -0.15) is 0 Å². The fraction of sp³-hybridized carbons (Fsp3) is 0.292. The number of hydrazine groups is 1. The van der Waals surface area contributed by atoms with E-state index < -0.39 is 17.8 Å². The topological polar surface area (TPSA) is 84.9 Å². The van der Waals surface area contributed by atoms with Gasteiger partial charge >= 0.3 is 5.97 Å². The average molecular weight is 422 g/mol. The summed E-state index contributed by atoms with van der Waals surface area (Å²) in [7, 11) is 0. The van der Waals surface area contributed by atoms with Crippen LogP contribution in [0.4, 0.5) is 5.69 Å². The molecule has 1 heterocycles. The molecule has 162 valence electrons. The molecule has 1 N–H and O–H groups in total. The van der Waals surface area contributed by atoms with Crippen molar-refractivity contribution in [2.24, 2.45) is 0 Å². The first-order chi connectivity index (χ1) is 14.9. The molecule has 7 heteroatoms. The van der Waals surface area contributed by atoms with Crippen LogP contribution in [0.25, 0.3) is 6.08 Å². The van der Waals surface area contributed by atoms with Crippen molar-refractivity contribution in [1.29, 1.82) is 0 Å². The Hall–Kier alpha value is -3.61. The third kappa shape index (κ3) is 4.60. The third-order valence-corrected chi connectivity index (χ3v) is 5.07. The van der Waals surface area contributed by atoms with Crippen LogP contribution in [0.1, 0.15) is 47.3 Å². The van der Waals surface area contributed by atoms with Crippen LogP contribution in [0.15, 0.2) is 42.0 Å². The Kier molecular flexibility index (Phi) is 6.74. The van der Waals surface area contributed by atoms with Gasteiger partial charge in [0.25, 0.3) is 11.8 Å². The van der Waals surface area contributed by atoms with Crippen molar-refractivity contribution in [3.8, 4) is 5.75 Å². The van der Waals surface area contributed by atoms with Gasteiger partial charge in [0.1, 0.15) is 11.3 Å². The van der Waals surface area contributed by atoms with E-state index in [1.165, 1.54) is 5.01 Å². The fourth-order valence-electron chi connectivity index (χ4n) is 3.20. The summed E-state index contributed by atoms with van der Waals surface area (Å²) in [4.78, 5) is 37.2. The van der Waals surface area contributed by atoms with Gasteiger partial charge < -0.3 is 9.47 Å². The number of rotatable bonds is 7. The Balaban J connectivity index is 1.84. The first kappa shape index (κ1) is 22.1. The molecule has 2 amide bonds. The van der Waals surface area contributed by atoms with E-state index in [0.717, 1.165) is 28.9 Å². The molecule has 31 heavy (non-hydrogen) atoms. The van der Waals surface area contributed by atoms with Crippen LogP contribution < -0.4 is 15.2 Å². The van der Waals surface area contributed by atoms with E-state index in [2.05, 4.69) is 5.43 Å². The maximum Gasteiger partial charge on any atom is 0.338 e. The van der Waals surface area contributed by atoms with Gasteiger partial charge in [-0.15, -0.1) is 0 Å². The van der Waals surface area contributed by atoms with E-state index in [9.17, 15) is 14.4 Å². The van der Waals surface area contributed by atoms with Gasteiger partial charge in [0.2, 0.25) is 0 Å². The lowest BCUT2D eigenvalue weighted by atomic mass is 10.00. The van der Waals surface area contributed by atoms with Crippen molar-refractivity contribution >= 4 is 29.5 Å². The van der Waals surface area contributed by atoms with Crippen LogP contribution in [0.2, 0.25) is 0 Å². The Morgan fingerprint density at radius 2 is 1.74 bits per heavy atom. The van der Waals surface area contributed by atoms with E-state index >= 15 is 0 Å². The molecule has 0 spiro atoms. The molecule has 1 saturated heterocycles. The first-order valence-corrected chi connectivity index (χ1v) is 10.2. The summed E-state index contributed by atoms with van der Waals surface area (Å²) < 4.78 is 10.7. The SMILES string of the molecule is CCCOc1ccc(C=C2C(=O)NN(c3ccc(C(=O)OCC)cc3)C2=O)c(C)c1C. The lowest BCUT2D eigenvalue weighted by Crippen LogP contribution is -2.35. The highest BCUT2D eigenvalue weighted by Gasteiger charge is 2.34.